The molecule has 0 radical (unpaired) electrons. The normalized spacial score (nSPS) is 10.9. The van der Waals surface area contributed by atoms with Crippen LogP contribution in [-0.2, 0) is 6.54 Å². The van der Waals surface area contributed by atoms with Gasteiger partial charge in [-0.05, 0) is 42.8 Å². The lowest BCUT2D eigenvalue weighted by Crippen LogP contribution is -2.14. The number of hydrogen-bond acceptors (Lipinski definition) is 2. The Balaban J connectivity index is 2.27. The van der Waals surface area contributed by atoms with Crippen LogP contribution < -0.4 is 5.32 Å². The Morgan fingerprint density at radius 1 is 1.05 bits per heavy atom. The standard InChI is InChI=1S/C16H16Cl3NS/c1-2-8-20-10-11-4-3-5-14(19)16(11)21-15-9-12(17)6-7-13(15)18/h3-7,9,20H,2,8,10H2,1H3. The molecule has 0 unspecified atom stereocenters. The molecule has 1 N–H and O–H groups in total. The van der Waals surface area contributed by atoms with Gasteiger partial charge in [-0.15, -0.1) is 0 Å². The molecule has 0 fully saturated rings. The molecule has 0 amide bonds. The maximum absolute atomic E-state index is 6.36. The lowest BCUT2D eigenvalue weighted by atomic mass is 10.2. The summed E-state index contributed by atoms with van der Waals surface area (Å²) in [6.45, 7) is 3.91. The van der Waals surface area contributed by atoms with Crippen molar-refractivity contribution in [2.75, 3.05) is 6.54 Å². The van der Waals surface area contributed by atoms with Crippen LogP contribution in [0.25, 0.3) is 0 Å². The molecule has 1 nitrogen and oxygen atoms in total. The first kappa shape index (κ1) is 17.0. The predicted octanol–water partition coefficient (Wildman–Crippen LogP) is 6.30. The quantitative estimate of drug-likeness (QED) is 0.607. The molecule has 2 rings (SSSR count). The highest BCUT2D eigenvalue weighted by molar-refractivity contribution is 7.99. The number of nitrogens with one attached hydrogen (secondary N) is 1. The first-order valence-electron chi connectivity index (χ1n) is 6.73. The van der Waals surface area contributed by atoms with Gasteiger partial charge in [-0.2, -0.15) is 0 Å². The summed E-state index contributed by atoms with van der Waals surface area (Å²) >= 11 is 20.2. The van der Waals surface area contributed by atoms with Gasteiger partial charge in [0.05, 0.1) is 10.0 Å². The fourth-order valence-corrected chi connectivity index (χ4v) is 3.66. The summed E-state index contributed by atoms with van der Waals surface area (Å²) in [5.74, 6) is 0. The lowest BCUT2D eigenvalue weighted by Gasteiger charge is -2.13. The van der Waals surface area contributed by atoms with E-state index in [9.17, 15) is 0 Å². The lowest BCUT2D eigenvalue weighted by molar-refractivity contribution is 0.669. The molecular formula is C16H16Cl3NS. The van der Waals surface area contributed by atoms with Crippen molar-refractivity contribution in [2.45, 2.75) is 29.7 Å². The summed E-state index contributed by atoms with van der Waals surface area (Å²) in [4.78, 5) is 1.93. The van der Waals surface area contributed by atoms with Crippen LogP contribution in [0.1, 0.15) is 18.9 Å². The maximum Gasteiger partial charge on any atom is 0.0548 e. The maximum atomic E-state index is 6.36. The molecule has 0 saturated carbocycles. The Labute approximate surface area is 145 Å². The highest BCUT2D eigenvalue weighted by Gasteiger charge is 2.11. The Morgan fingerprint density at radius 2 is 1.86 bits per heavy atom. The van der Waals surface area contributed by atoms with Gasteiger partial charge >= 0.3 is 0 Å². The zero-order valence-corrected chi connectivity index (χ0v) is 14.7. The number of rotatable bonds is 6. The van der Waals surface area contributed by atoms with E-state index in [4.69, 9.17) is 34.8 Å². The monoisotopic (exact) mass is 359 g/mol. The topological polar surface area (TPSA) is 12.0 Å². The van der Waals surface area contributed by atoms with Crippen molar-refractivity contribution in [3.63, 3.8) is 0 Å². The third-order valence-electron chi connectivity index (χ3n) is 2.90. The smallest absolute Gasteiger partial charge is 0.0548 e. The zero-order valence-electron chi connectivity index (χ0n) is 11.6. The van der Waals surface area contributed by atoms with Crippen LogP contribution in [0.2, 0.25) is 15.1 Å². The minimum atomic E-state index is 0.666. The molecule has 0 saturated heterocycles. The van der Waals surface area contributed by atoms with Gasteiger partial charge in [-0.3, -0.25) is 0 Å². The van der Waals surface area contributed by atoms with E-state index in [0.717, 1.165) is 39.9 Å². The van der Waals surface area contributed by atoms with Gasteiger partial charge < -0.3 is 5.32 Å². The van der Waals surface area contributed by atoms with Crippen molar-refractivity contribution in [1.29, 1.82) is 0 Å². The van der Waals surface area contributed by atoms with Crippen molar-refractivity contribution in [3.05, 3.63) is 57.0 Å². The van der Waals surface area contributed by atoms with Crippen LogP contribution in [0.15, 0.2) is 46.2 Å². The summed E-state index contributed by atoms with van der Waals surface area (Å²) in [5, 5.41) is 5.47. The molecule has 0 aliphatic heterocycles. The number of hydrogen-bond donors (Lipinski definition) is 1. The summed E-state index contributed by atoms with van der Waals surface area (Å²) in [6, 6.07) is 11.4. The van der Waals surface area contributed by atoms with Crippen molar-refractivity contribution in [1.82, 2.24) is 5.32 Å². The third kappa shape index (κ3) is 4.80. The molecule has 2 aromatic rings. The van der Waals surface area contributed by atoms with E-state index < -0.39 is 0 Å². The summed E-state index contributed by atoms with van der Waals surface area (Å²) in [7, 11) is 0. The minimum Gasteiger partial charge on any atom is -0.313 e. The fourth-order valence-electron chi connectivity index (χ4n) is 1.87. The molecule has 0 aliphatic carbocycles. The molecule has 2 aromatic carbocycles. The number of halogens is 3. The van der Waals surface area contributed by atoms with E-state index in [0.29, 0.717) is 10.0 Å². The second kappa shape index (κ2) is 8.30. The second-order valence-corrected chi connectivity index (χ2v) is 6.88. The average molecular weight is 361 g/mol. The molecule has 112 valence electrons. The van der Waals surface area contributed by atoms with E-state index in [1.54, 1.807) is 23.9 Å². The van der Waals surface area contributed by atoms with Crippen molar-refractivity contribution in [3.8, 4) is 0 Å². The Bertz CT molecular complexity index is 616. The van der Waals surface area contributed by atoms with Gasteiger partial charge in [0.25, 0.3) is 0 Å². The third-order valence-corrected chi connectivity index (χ3v) is 5.24. The van der Waals surface area contributed by atoms with Crippen molar-refractivity contribution >= 4 is 46.6 Å². The van der Waals surface area contributed by atoms with Crippen molar-refractivity contribution in [2.24, 2.45) is 0 Å². The zero-order chi connectivity index (χ0) is 15.2. The average Bonchev–Trinajstić information content (AvgIpc) is 2.46. The Morgan fingerprint density at radius 3 is 2.62 bits per heavy atom. The molecule has 0 aromatic heterocycles. The van der Waals surface area contributed by atoms with Gasteiger partial charge in [0, 0.05) is 21.4 Å². The molecule has 0 atom stereocenters. The van der Waals surface area contributed by atoms with E-state index in [-0.39, 0.29) is 0 Å². The van der Waals surface area contributed by atoms with Crippen LogP contribution in [0, 0.1) is 0 Å². The van der Waals surface area contributed by atoms with Crippen LogP contribution in [0.4, 0.5) is 0 Å². The molecule has 0 heterocycles. The Kier molecular flexibility index (Phi) is 6.72. The van der Waals surface area contributed by atoms with Gasteiger partial charge in [-0.1, -0.05) is 65.6 Å². The number of benzene rings is 2. The fraction of sp³-hybridized carbons (Fsp3) is 0.250. The van der Waals surface area contributed by atoms with Crippen LogP contribution in [0.3, 0.4) is 0 Å². The first-order valence-corrected chi connectivity index (χ1v) is 8.68. The molecule has 21 heavy (non-hydrogen) atoms. The molecule has 5 heteroatoms. The molecular weight excluding hydrogens is 345 g/mol. The van der Waals surface area contributed by atoms with E-state index in [2.05, 4.69) is 18.3 Å². The van der Waals surface area contributed by atoms with Crippen LogP contribution >= 0.6 is 46.6 Å². The summed E-state index contributed by atoms with van der Waals surface area (Å²) < 4.78 is 0. The van der Waals surface area contributed by atoms with E-state index in [1.165, 1.54) is 0 Å². The van der Waals surface area contributed by atoms with E-state index >= 15 is 0 Å². The highest BCUT2D eigenvalue weighted by Crippen LogP contribution is 2.40. The summed E-state index contributed by atoms with van der Waals surface area (Å²) in [5.41, 5.74) is 1.16. The van der Waals surface area contributed by atoms with Gasteiger partial charge in [0.1, 0.15) is 0 Å². The predicted molar refractivity (Wildman–Crippen MR) is 94.0 cm³/mol. The Hall–Kier alpha value is -0.380. The summed E-state index contributed by atoms with van der Waals surface area (Å²) in [6.07, 6.45) is 1.10. The van der Waals surface area contributed by atoms with Gasteiger partial charge in [0.2, 0.25) is 0 Å². The van der Waals surface area contributed by atoms with Gasteiger partial charge in [-0.25, -0.2) is 0 Å². The molecule has 0 spiro atoms. The molecule has 0 bridgehead atoms. The van der Waals surface area contributed by atoms with Gasteiger partial charge in [0.15, 0.2) is 0 Å². The highest BCUT2D eigenvalue weighted by atomic mass is 35.5. The first-order chi connectivity index (χ1) is 10.1. The van der Waals surface area contributed by atoms with Crippen LogP contribution in [-0.4, -0.2) is 6.54 Å². The largest absolute Gasteiger partial charge is 0.313 e. The minimum absolute atomic E-state index is 0.666. The molecule has 0 aliphatic rings. The van der Waals surface area contributed by atoms with Crippen LogP contribution in [0.5, 0.6) is 0 Å². The van der Waals surface area contributed by atoms with E-state index in [1.807, 2.05) is 18.2 Å². The second-order valence-electron chi connectivity index (χ2n) is 4.58. The van der Waals surface area contributed by atoms with Crippen molar-refractivity contribution < 1.29 is 0 Å². The SMILES string of the molecule is CCCNCc1cccc(Cl)c1Sc1cc(Cl)ccc1Cl.